The van der Waals surface area contributed by atoms with Crippen LogP contribution in [-0.2, 0) is 42.2 Å². The zero-order valence-corrected chi connectivity index (χ0v) is 44.8. The van der Waals surface area contributed by atoms with Gasteiger partial charge in [-0.25, -0.2) is 4.57 Å². The normalized spacial score (nSPS) is 14.2. The minimum Gasteiger partial charge on any atom is -0.462 e. The van der Waals surface area contributed by atoms with Gasteiger partial charge in [0.05, 0.1) is 19.8 Å². The third-order valence-electron chi connectivity index (χ3n) is 11.0. The van der Waals surface area contributed by atoms with E-state index in [2.05, 4.69) is 106 Å². The maximum atomic E-state index is 12.9. The van der Waals surface area contributed by atoms with Crippen molar-refractivity contribution in [1.29, 1.82) is 0 Å². The molecule has 12 heteroatoms. The Bertz CT molecular complexity index is 1540. The molecule has 70 heavy (non-hydrogen) atoms. The molecule has 3 unspecified atom stereocenters. The molecule has 3 atom stereocenters. The third kappa shape index (κ3) is 49.4. The fourth-order valence-corrected chi connectivity index (χ4v) is 7.62. The molecule has 11 nitrogen and oxygen atoms in total. The summed E-state index contributed by atoms with van der Waals surface area (Å²) in [5.74, 6) is -1.60. The summed E-state index contributed by atoms with van der Waals surface area (Å²) in [4.78, 5) is 48.4. The zero-order valence-electron chi connectivity index (χ0n) is 43.9. The number of aliphatic hydroxyl groups excluding tert-OH is 1. The highest BCUT2D eigenvalue weighted by atomic mass is 31.2. The molecule has 0 aromatic carbocycles. The van der Waals surface area contributed by atoms with Crippen molar-refractivity contribution in [2.75, 3.05) is 26.4 Å². The topological polar surface area (TPSA) is 155 Å². The first kappa shape index (κ1) is 66.4. The number of esters is 3. The number of ether oxygens (including phenoxy) is 3. The molecule has 0 spiro atoms. The highest BCUT2D eigenvalue weighted by Crippen LogP contribution is 2.43. The highest BCUT2D eigenvalue weighted by Gasteiger charge is 2.28. The molecule has 2 N–H and O–H groups in total. The smallest absolute Gasteiger partial charge is 0.462 e. The SMILES string of the molecule is CC/C=C\C/C=C\C/C=C\C/C=C\CCC(=O)OCC(COP(=O)(O)OCC(CO)OC(=O)CCCCCCC/C=C\C/C=C\CCCCC)OC(=O)CCCCCCC/C=C\C/C=C\CCCCC. The Morgan fingerprint density at radius 2 is 0.771 bits per heavy atom. The summed E-state index contributed by atoms with van der Waals surface area (Å²) in [7, 11) is -4.77. The molecule has 0 amide bonds. The van der Waals surface area contributed by atoms with E-state index in [1.165, 1.54) is 38.5 Å². The number of hydrogen-bond donors (Lipinski definition) is 2. The Morgan fingerprint density at radius 3 is 1.20 bits per heavy atom. The molecule has 0 rings (SSSR count). The van der Waals surface area contributed by atoms with Crippen molar-refractivity contribution < 1.29 is 52.2 Å². The maximum absolute atomic E-state index is 12.9. The van der Waals surface area contributed by atoms with Crippen LogP contribution in [0.25, 0.3) is 0 Å². The first-order valence-corrected chi connectivity index (χ1v) is 28.6. The van der Waals surface area contributed by atoms with E-state index in [4.69, 9.17) is 23.3 Å². The molecule has 0 saturated heterocycles. The average Bonchev–Trinajstić information content (AvgIpc) is 3.35. The second-order valence-corrected chi connectivity index (χ2v) is 19.1. The molecule has 0 aromatic rings. The molecule has 0 radical (unpaired) electrons. The van der Waals surface area contributed by atoms with Gasteiger partial charge in [0.15, 0.2) is 6.10 Å². The van der Waals surface area contributed by atoms with Gasteiger partial charge in [-0.15, -0.1) is 0 Å². The molecule has 0 fully saturated rings. The van der Waals surface area contributed by atoms with Crippen LogP contribution in [0.1, 0.15) is 213 Å². The lowest BCUT2D eigenvalue weighted by atomic mass is 10.1. The van der Waals surface area contributed by atoms with Gasteiger partial charge in [0, 0.05) is 19.3 Å². The Morgan fingerprint density at radius 1 is 0.414 bits per heavy atom. The quantitative estimate of drug-likeness (QED) is 0.0197. The summed E-state index contributed by atoms with van der Waals surface area (Å²) in [6.07, 6.45) is 59.6. The monoisotopic (exact) mass is 1000 g/mol. The summed E-state index contributed by atoms with van der Waals surface area (Å²) in [5.41, 5.74) is 0. The molecule has 0 aromatic heterocycles. The Balaban J connectivity index is 4.84. The number of phosphoric acid groups is 1. The standard InChI is InChI=1S/C58H97O11P/c1-4-7-10-13-16-19-22-25-27-30-33-36-39-42-45-48-57(61)68-54(50-59)52-66-70(63,64)67-53-55(51-65-56(60)47-44-41-38-35-32-29-24-21-18-15-12-9-6-3)69-58(62)49-46-43-40-37-34-31-28-26-23-20-17-14-11-8-5-2/h9,12,16-21,25-29,32,38,41,54-55,59H,4-8,10-11,13-15,22-24,30-31,33-37,39-40,42-53H2,1-3H3,(H,63,64)/b12-9-,19-16-,20-17-,21-18-,27-25-,28-26-,32-29-,41-38-. The largest absolute Gasteiger partial charge is 0.472 e. The van der Waals surface area contributed by atoms with Gasteiger partial charge in [-0.3, -0.25) is 23.4 Å². The van der Waals surface area contributed by atoms with Gasteiger partial charge in [-0.05, 0) is 109 Å². The molecular formula is C58H97O11P. The van der Waals surface area contributed by atoms with Crippen LogP contribution < -0.4 is 0 Å². The molecule has 400 valence electrons. The molecule has 0 heterocycles. The van der Waals surface area contributed by atoms with E-state index in [-0.39, 0.29) is 25.9 Å². The zero-order chi connectivity index (χ0) is 51.3. The van der Waals surface area contributed by atoms with Crippen LogP contribution in [0.3, 0.4) is 0 Å². The van der Waals surface area contributed by atoms with Crippen LogP contribution in [0.15, 0.2) is 97.2 Å². The number of hydrogen-bond acceptors (Lipinski definition) is 10. The van der Waals surface area contributed by atoms with Crippen LogP contribution in [0, 0.1) is 0 Å². The van der Waals surface area contributed by atoms with Crippen molar-refractivity contribution in [3.63, 3.8) is 0 Å². The van der Waals surface area contributed by atoms with Gasteiger partial charge in [-0.1, -0.05) is 182 Å². The molecule has 0 saturated carbocycles. The maximum Gasteiger partial charge on any atom is 0.472 e. The van der Waals surface area contributed by atoms with Crippen LogP contribution in [0.4, 0.5) is 0 Å². The fourth-order valence-electron chi connectivity index (χ4n) is 6.84. The predicted molar refractivity (Wildman–Crippen MR) is 288 cm³/mol. The number of aliphatic hydroxyl groups is 1. The van der Waals surface area contributed by atoms with E-state index < -0.39 is 57.8 Å². The van der Waals surface area contributed by atoms with Gasteiger partial charge in [0.1, 0.15) is 12.7 Å². The Labute approximate surface area is 425 Å². The number of rotatable bonds is 49. The van der Waals surface area contributed by atoms with E-state index in [1.807, 2.05) is 12.2 Å². The number of unbranched alkanes of at least 4 members (excludes halogenated alkanes) is 16. The van der Waals surface area contributed by atoms with Crippen molar-refractivity contribution in [1.82, 2.24) is 0 Å². The van der Waals surface area contributed by atoms with Gasteiger partial charge in [-0.2, -0.15) is 0 Å². The van der Waals surface area contributed by atoms with E-state index in [1.54, 1.807) is 0 Å². The minimum atomic E-state index is -4.77. The first-order valence-electron chi connectivity index (χ1n) is 27.1. The number of carbonyl (C=O) groups excluding carboxylic acids is 3. The van der Waals surface area contributed by atoms with Crippen molar-refractivity contribution in [3.8, 4) is 0 Å². The van der Waals surface area contributed by atoms with Gasteiger partial charge in [0.25, 0.3) is 0 Å². The van der Waals surface area contributed by atoms with Crippen molar-refractivity contribution in [2.24, 2.45) is 0 Å². The van der Waals surface area contributed by atoms with Gasteiger partial charge >= 0.3 is 25.7 Å². The van der Waals surface area contributed by atoms with Gasteiger partial charge in [0.2, 0.25) is 0 Å². The molecule has 0 aliphatic rings. The van der Waals surface area contributed by atoms with Crippen LogP contribution >= 0.6 is 7.82 Å². The fraction of sp³-hybridized carbons (Fsp3) is 0.672. The van der Waals surface area contributed by atoms with Crippen LogP contribution in [0.5, 0.6) is 0 Å². The predicted octanol–water partition coefficient (Wildman–Crippen LogP) is 15.7. The molecule has 0 aliphatic heterocycles. The number of allylic oxidation sites excluding steroid dienone is 16. The van der Waals surface area contributed by atoms with Crippen molar-refractivity contribution >= 4 is 25.7 Å². The molecular weight excluding hydrogens is 904 g/mol. The summed E-state index contributed by atoms with van der Waals surface area (Å²) < 4.78 is 39.3. The van der Waals surface area contributed by atoms with E-state index in [0.29, 0.717) is 19.3 Å². The summed E-state index contributed by atoms with van der Waals surface area (Å²) in [5, 5.41) is 9.79. The number of phosphoric ester groups is 1. The van der Waals surface area contributed by atoms with E-state index in [0.717, 1.165) is 116 Å². The second kappa shape index (κ2) is 51.7. The Hall–Kier alpha value is -3.60. The summed E-state index contributed by atoms with van der Waals surface area (Å²) in [6.45, 7) is 4.34. The summed E-state index contributed by atoms with van der Waals surface area (Å²) in [6, 6.07) is 0. The van der Waals surface area contributed by atoms with Crippen molar-refractivity contribution in [3.05, 3.63) is 97.2 Å². The van der Waals surface area contributed by atoms with Gasteiger partial charge < -0.3 is 24.2 Å². The lowest BCUT2D eigenvalue weighted by Gasteiger charge is -2.21. The Kier molecular flexibility index (Phi) is 49.1. The third-order valence-corrected chi connectivity index (χ3v) is 11.9. The lowest BCUT2D eigenvalue weighted by Crippen LogP contribution is -2.30. The van der Waals surface area contributed by atoms with Crippen molar-refractivity contribution in [2.45, 2.75) is 226 Å². The molecule has 0 bridgehead atoms. The number of carbonyl (C=O) groups is 3. The van der Waals surface area contributed by atoms with E-state index in [9.17, 15) is 28.9 Å². The molecule has 0 aliphatic carbocycles. The average molecular weight is 1000 g/mol. The van der Waals surface area contributed by atoms with Crippen LogP contribution in [0.2, 0.25) is 0 Å². The first-order chi connectivity index (χ1) is 34.2. The summed E-state index contributed by atoms with van der Waals surface area (Å²) >= 11 is 0. The lowest BCUT2D eigenvalue weighted by molar-refractivity contribution is -0.161. The van der Waals surface area contributed by atoms with Crippen LogP contribution in [-0.4, -0.2) is 66.5 Å². The second-order valence-electron chi connectivity index (χ2n) is 17.7. The van der Waals surface area contributed by atoms with E-state index >= 15 is 0 Å². The minimum absolute atomic E-state index is 0.0974. The highest BCUT2D eigenvalue weighted by molar-refractivity contribution is 7.47.